The number of halogens is 1. The second-order valence-corrected chi connectivity index (χ2v) is 6.36. The zero-order valence-corrected chi connectivity index (χ0v) is 14.0. The summed E-state index contributed by atoms with van der Waals surface area (Å²) >= 11 is 3.63. The Morgan fingerprint density at radius 3 is 2.29 bits per heavy atom. The van der Waals surface area contributed by atoms with Crippen LogP contribution in [0.2, 0.25) is 0 Å². The molecule has 0 N–H and O–H groups in total. The number of rotatable bonds is 2. The highest BCUT2D eigenvalue weighted by molar-refractivity contribution is 9.10. The minimum Gasteiger partial charge on any atom is -0.306 e. The van der Waals surface area contributed by atoms with Crippen molar-refractivity contribution in [1.82, 2.24) is 9.55 Å². The predicted molar refractivity (Wildman–Crippen MR) is 90.9 cm³/mol. The zero-order valence-electron chi connectivity index (χ0n) is 12.4. The van der Waals surface area contributed by atoms with Crippen LogP contribution in [-0.2, 0) is 0 Å². The fourth-order valence-electron chi connectivity index (χ4n) is 2.91. The molecule has 3 rings (SSSR count). The van der Waals surface area contributed by atoms with Crippen LogP contribution in [0.4, 0.5) is 0 Å². The van der Waals surface area contributed by atoms with E-state index in [1.807, 2.05) is 17.1 Å². The second kappa shape index (κ2) is 5.49. The van der Waals surface area contributed by atoms with E-state index in [1.165, 1.54) is 27.8 Å². The topological polar surface area (TPSA) is 17.8 Å². The number of benzene rings is 2. The van der Waals surface area contributed by atoms with Crippen LogP contribution in [-0.4, -0.2) is 9.55 Å². The molecule has 2 nitrogen and oxygen atoms in total. The molecule has 0 unspecified atom stereocenters. The number of aromatic nitrogens is 2. The monoisotopic (exact) mass is 340 g/mol. The number of hydrogen-bond acceptors (Lipinski definition) is 1. The Kier molecular flexibility index (Phi) is 3.68. The van der Waals surface area contributed by atoms with Crippen molar-refractivity contribution in [2.45, 2.75) is 20.8 Å². The van der Waals surface area contributed by atoms with Gasteiger partial charge < -0.3 is 4.57 Å². The van der Waals surface area contributed by atoms with Crippen LogP contribution >= 0.6 is 15.9 Å². The van der Waals surface area contributed by atoms with Gasteiger partial charge in [0.25, 0.3) is 0 Å². The summed E-state index contributed by atoms with van der Waals surface area (Å²) in [6.07, 6.45) is 5.57. The molecule has 0 bridgehead atoms. The maximum atomic E-state index is 4.12. The number of aryl methyl sites for hydroxylation is 3. The van der Waals surface area contributed by atoms with Crippen LogP contribution in [0, 0.1) is 20.8 Å². The Bertz CT molecular complexity index is 766. The fourth-order valence-corrected chi connectivity index (χ4v) is 3.40. The SMILES string of the molecule is Cc1cc(C)c(-c2cc(Br)cc(-n3ccnc3)c2)c(C)c1. The maximum absolute atomic E-state index is 4.12. The molecule has 106 valence electrons. The lowest BCUT2D eigenvalue weighted by atomic mass is 9.93. The van der Waals surface area contributed by atoms with Gasteiger partial charge in [-0.2, -0.15) is 0 Å². The molecule has 3 heteroatoms. The summed E-state index contributed by atoms with van der Waals surface area (Å²) in [7, 11) is 0. The minimum absolute atomic E-state index is 1.07. The summed E-state index contributed by atoms with van der Waals surface area (Å²) < 4.78 is 3.09. The van der Waals surface area contributed by atoms with Crippen LogP contribution in [0.1, 0.15) is 16.7 Å². The molecular formula is C18H17BrN2. The Morgan fingerprint density at radius 2 is 1.67 bits per heavy atom. The van der Waals surface area contributed by atoms with Crippen molar-refractivity contribution < 1.29 is 0 Å². The molecule has 0 fully saturated rings. The van der Waals surface area contributed by atoms with E-state index in [1.54, 1.807) is 6.20 Å². The first kappa shape index (κ1) is 14.1. The lowest BCUT2D eigenvalue weighted by molar-refractivity contribution is 1.06. The molecule has 1 aromatic heterocycles. The van der Waals surface area contributed by atoms with Gasteiger partial charge in [-0.1, -0.05) is 33.6 Å². The zero-order chi connectivity index (χ0) is 15.0. The van der Waals surface area contributed by atoms with E-state index in [2.05, 4.69) is 72.0 Å². The molecule has 21 heavy (non-hydrogen) atoms. The van der Waals surface area contributed by atoms with Gasteiger partial charge in [-0.15, -0.1) is 0 Å². The van der Waals surface area contributed by atoms with Crippen LogP contribution in [0.25, 0.3) is 16.8 Å². The average Bonchev–Trinajstić information content (AvgIpc) is 2.90. The normalized spacial score (nSPS) is 10.9. The molecule has 3 aromatic rings. The molecule has 0 saturated heterocycles. The molecule has 1 heterocycles. The summed E-state index contributed by atoms with van der Waals surface area (Å²) in [5.74, 6) is 0. The van der Waals surface area contributed by atoms with Crippen molar-refractivity contribution in [3.05, 3.63) is 70.2 Å². The van der Waals surface area contributed by atoms with Crippen molar-refractivity contribution in [2.75, 3.05) is 0 Å². The summed E-state index contributed by atoms with van der Waals surface area (Å²) in [5, 5.41) is 0. The molecule has 0 aliphatic carbocycles. The molecule has 0 aliphatic heterocycles. The standard InChI is InChI=1S/C18H17BrN2/c1-12-6-13(2)18(14(3)7-12)15-8-16(19)10-17(9-15)21-5-4-20-11-21/h4-11H,1-3H3. The van der Waals surface area contributed by atoms with Crippen LogP contribution < -0.4 is 0 Å². The highest BCUT2D eigenvalue weighted by Gasteiger charge is 2.09. The number of nitrogens with zero attached hydrogens (tertiary/aromatic N) is 2. The third-order valence-electron chi connectivity index (χ3n) is 3.65. The fraction of sp³-hybridized carbons (Fsp3) is 0.167. The molecule has 0 aliphatic rings. The molecule has 0 spiro atoms. The molecule has 0 atom stereocenters. The lowest BCUT2D eigenvalue weighted by Crippen LogP contribution is -1.94. The molecule has 2 aromatic carbocycles. The Balaban J connectivity index is 2.20. The number of hydrogen-bond donors (Lipinski definition) is 0. The Hall–Kier alpha value is -1.87. The first-order chi connectivity index (χ1) is 10.0. The molecule has 0 radical (unpaired) electrons. The molecule has 0 saturated carbocycles. The first-order valence-corrected chi connectivity index (χ1v) is 7.71. The van der Waals surface area contributed by atoms with Gasteiger partial charge in [0.2, 0.25) is 0 Å². The van der Waals surface area contributed by atoms with Gasteiger partial charge in [0.1, 0.15) is 0 Å². The van der Waals surface area contributed by atoms with Crippen molar-refractivity contribution >= 4 is 15.9 Å². The smallest absolute Gasteiger partial charge is 0.0991 e. The van der Waals surface area contributed by atoms with Gasteiger partial charge in [0, 0.05) is 22.6 Å². The third-order valence-corrected chi connectivity index (χ3v) is 4.11. The van der Waals surface area contributed by atoms with Crippen molar-refractivity contribution in [2.24, 2.45) is 0 Å². The van der Waals surface area contributed by atoms with E-state index in [-0.39, 0.29) is 0 Å². The van der Waals surface area contributed by atoms with Gasteiger partial charge in [-0.3, -0.25) is 0 Å². The average molecular weight is 341 g/mol. The summed E-state index contributed by atoms with van der Waals surface area (Å²) in [6.45, 7) is 6.49. The van der Waals surface area contributed by atoms with Gasteiger partial charge in [-0.05, 0) is 61.2 Å². The van der Waals surface area contributed by atoms with Crippen LogP contribution in [0.15, 0.2) is 53.5 Å². The largest absolute Gasteiger partial charge is 0.306 e. The van der Waals surface area contributed by atoms with E-state index >= 15 is 0 Å². The molecule has 0 amide bonds. The van der Waals surface area contributed by atoms with E-state index in [0.29, 0.717) is 0 Å². The third kappa shape index (κ3) is 2.79. The quantitative estimate of drug-likeness (QED) is 0.624. The van der Waals surface area contributed by atoms with Crippen molar-refractivity contribution in [3.63, 3.8) is 0 Å². The van der Waals surface area contributed by atoms with E-state index in [9.17, 15) is 0 Å². The highest BCUT2D eigenvalue weighted by atomic mass is 79.9. The lowest BCUT2D eigenvalue weighted by Gasteiger charge is -2.14. The van der Waals surface area contributed by atoms with Gasteiger partial charge >= 0.3 is 0 Å². The Morgan fingerprint density at radius 1 is 0.952 bits per heavy atom. The van der Waals surface area contributed by atoms with Crippen LogP contribution in [0.3, 0.4) is 0 Å². The summed E-state index contributed by atoms with van der Waals surface area (Å²) in [6, 6.07) is 11.0. The van der Waals surface area contributed by atoms with E-state index < -0.39 is 0 Å². The van der Waals surface area contributed by atoms with E-state index in [0.717, 1.165) is 10.2 Å². The van der Waals surface area contributed by atoms with Gasteiger partial charge in [0.15, 0.2) is 0 Å². The maximum Gasteiger partial charge on any atom is 0.0991 e. The predicted octanol–water partition coefficient (Wildman–Crippen LogP) is 5.23. The second-order valence-electron chi connectivity index (χ2n) is 5.44. The van der Waals surface area contributed by atoms with Crippen molar-refractivity contribution in [1.29, 1.82) is 0 Å². The summed E-state index contributed by atoms with van der Waals surface area (Å²) in [4.78, 5) is 4.12. The summed E-state index contributed by atoms with van der Waals surface area (Å²) in [5.41, 5.74) is 7.56. The minimum atomic E-state index is 1.07. The van der Waals surface area contributed by atoms with Gasteiger partial charge in [0.05, 0.1) is 6.33 Å². The number of imidazole rings is 1. The first-order valence-electron chi connectivity index (χ1n) is 6.92. The van der Waals surface area contributed by atoms with Crippen molar-refractivity contribution in [3.8, 4) is 16.8 Å². The van der Waals surface area contributed by atoms with Gasteiger partial charge in [-0.25, -0.2) is 4.98 Å². The van der Waals surface area contributed by atoms with E-state index in [4.69, 9.17) is 0 Å². The molecular weight excluding hydrogens is 324 g/mol. The highest BCUT2D eigenvalue weighted by Crippen LogP contribution is 2.32. The van der Waals surface area contributed by atoms with Crippen LogP contribution in [0.5, 0.6) is 0 Å². The Labute approximate surface area is 133 Å².